The zero-order valence-electron chi connectivity index (χ0n) is 16.3. The van der Waals surface area contributed by atoms with Gasteiger partial charge in [0, 0.05) is 14.1 Å². The second kappa shape index (κ2) is 7.27. The van der Waals surface area contributed by atoms with Crippen LogP contribution in [0.2, 0.25) is 0 Å². The zero-order valence-corrected chi connectivity index (χ0v) is 18.9. The number of nitrogen functional groups attached to an aromatic ring is 1. The number of rotatable bonds is 7. The summed E-state index contributed by atoms with van der Waals surface area (Å²) >= 11 is 5.86. The normalized spacial score (nSPS) is 33.8. The fraction of sp³-hybridized carbons (Fsp3) is 0.615. The lowest BCUT2D eigenvalue weighted by Gasteiger charge is -2.24. The van der Waals surface area contributed by atoms with E-state index in [0.717, 1.165) is 4.57 Å². The molecule has 2 aromatic heterocycles. The van der Waals surface area contributed by atoms with Crippen LogP contribution in [0.15, 0.2) is 6.33 Å². The van der Waals surface area contributed by atoms with Gasteiger partial charge in [-0.2, -0.15) is 14.3 Å². The van der Waals surface area contributed by atoms with Gasteiger partial charge in [0.25, 0.3) is 0 Å². The molecule has 15 nitrogen and oxygen atoms in total. The van der Waals surface area contributed by atoms with Crippen molar-refractivity contribution in [2.75, 3.05) is 30.6 Å². The highest BCUT2D eigenvalue weighted by Crippen LogP contribution is 2.70. The topological polar surface area (TPSA) is 216 Å². The Bertz CT molecular complexity index is 1180. The number of fused-ring (bicyclic) bond motifs is 2. The number of ether oxygens (including phenoxy) is 1. The summed E-state index contributed by atoms with van der Waals surface area (Å²) in [7, 11) is -7.50. The fourth-order valence-electron chi connectivity index (χ4n) is 3.78. The molecule has 6 N–H and O–H groups in total. The van der Waals surface area contributed by atoms with Gasteiger partial charge in [-0.05, 0) is 0 Å². The van der Waals surface area contributed by atoms with Crippen LogP contribution in [0.25, 0.3) is 11.2 Å². The number of alkyl halides is 2. The van der Waals surface area contributed by atoms with Crippen molar-refractivity contribution in [3.05, 3.63) is 6.33 Å². The maximum Gasteiger partial charge on any atom is 0.481 e. The summed E-state index contributed by atoms with van der Waals surface area (Å²) in [4.78, 5) is 40.9. The number of phosphoric acid groups is 2. The Balaban J connectivity index is 1.67. The van der Waals surface area contributed by atoms with Gasteiger partial charge in [0.1, 0.15) is 11.7 Å². The Morgan fingerprint density at radius 2 is 2.03 bits per heavy atom. The van der Waals surface area contributed by atoms with Gasteiger partial charge < -0.3 is 35.2 Å². The number of aliphatic hydroxyl groups is 1. The number of imidazole rings is 1. The molecule has 2 aliphatic rings. The first kappa shape index (κ1) is 23.7. The van der Waals surface area contributed by atoms with Crippen LogP contribution in [-0.2, 0) is 22.7 Å². The van der Waals surface area contributed by atoms with Crippen molar-refractivity contribution in [1.82, 2.24) is 19.5 Å². The monoisotopic (exact) mass is 518 g/mol. The summed E-state index contributed by atoms with van der Waals surface area (Å²) in [6, 6.07) is 0. The minimum Gasteiger partial charge on any atom is -0.381 e. The Hall–Kier alpha value is -1.45. The van der Waals surface area contributed by atoms with Crippen molar-refractivity contribution in [1.29, 1.82) is 0 Å². The van der Waals surface area contributed by atoms with Crippen molar-refractivity contribution in [3.8, 4) is 0 Å². The molecule has 1 saturated carbocycles. The second-order valence-electron chi connectivity index (χ2n) is 7.41. The van der Waals surface area contributed by atoms with E-state index in [1.807, 2.05) is 0 Å². The predicted octanol–water partition coefficient (Wildman–Crippen LogP) is -0.341. The van der Waals surface area contributed by atoms with Crippen LogP contribution in [0, 0.1) is 0 Å². The van der Waals surface area contributed by atoms with Crippen LogP contribution in [0.4, 0.5) is 16.2 Å². The van der Waals surface area contributed by atoms with E-state index in [1.54, 1.807) is 19.0 Å². The molecule has 0 radical (unpaired) electrons. The van der Waals surface area contributed by atoms with Gasteiger partial charge in [0.2, 0.25) is 5.95 Å². The van der Waals surface area contributed by atoms with Gasteiger partial charge in [-0.1, -0.05) is 0 Å². The minimum absolute atomic E-state index is 0.0820. The first-order valence-corrected chi connectivity index (χ1v) is 12.3. The molecule has 2 unspecified atom stereocenters. The van der Waals surface area contributed by atoms with Crippen LogP contribution in [0.3, 0.4) is 0 Å². The average molecular weight is 519 g/mol. The van der Waals surface area contributed by atoms with Crippen molar-refractivity contribution < 1.29 is 46.9 Å². The lowest BCUT2D eigenvalue weighted by molar-refractivity contribution is -0.0815. The van der Waals surface area contributed by atoms with E-state index in [9.17, 15) is 19.1 Å². The van der Waals surface area contributed by atoms with E-state index in [2.05, 4.69) is 23.8 Å². The number of hydrogen-bond donors (Lipinski definition) is 5. The third-order valence-electron chi connectivity index (χ3n) is 5.18. The first-order valence-electron chi connectivity index (χ1n) is 8.72. The van der Waals surface area contributed by atoms with E-state index in [1.165, 1.54) is 6.33 Å². The number of nitrogens with zero attached hydrogens (tertiary/aromatic N) is 5. The van der Waals surface area contributed by atoms with Gasteiger partial charge in [0.15, 0.2) is 35.0 Å². The minimum atomic E-state index is -5.44. The van der Waals surface area contributed by atoms with Crippen molar-refractivity contribution >= 4 is 50.2 Å². The van der Waals surface area contributed by atoms with E-state index >= 15 is 4.39 Å². The SMILES string of the molecule is CN(C)c1nc(N)nc2c1ncn2[C@@H]1O[C@]2(CCl)C(OP(=O)(O)OP(=O)(O)O)[C@]2(O)[C@H]1F. The number of halogens is 2. The van der Waals surface area contributed by atoms with Crippen LogP contribution < -0.4 is 10.6 Å². The molecule has 0 aromatic carbocycles. The Morgan fingerprint density at radius 3 is 2.56 bits per heavy atom. The maximum atomic E-state index is 15.4. The number of nitrogens with two attached hydrogens (primary N) is 1. The Morgan fingerprint density at radius 1 is 1.38 bits per heavy atom. The summed E-state index contributed by atoms with van der Waals surface area (Å²) in [6.45, 7) is 0. The lowest BCUT2D eigenvalue weighted by Crippen LogP contribution is -2.34. The molecular weight excluding hydrogens is 501 g/mol. The molecule has 32 heavy (non-hydrogen) atoms. The van der Waals surface area contributed by atoms with Crippen LogP contribution in [-0.4, -0.2) is 82.8 Å². The van der Waals surface area contributed by atoms with Gasteiger partial charge in [-0.3, -0.25) is 9.09 Å². The molecule has 178 valence electrons. The first-order chi connectivity index (χ1) is 14.7. The van der Waals surface area contributed by atoms with E-state index in [4.69, 9.17) is 31.9 Å². The summed E-state index contributed by atoms with van der Waals surface area (Å²) in [5.41, 5.74) is 1.49. The van der Waals surface area contributed by atoms with Gasteiger partial charge in [-0.15, -0.1) is 11.6 Å². The van der Waals surface area contributed by atoms with Gasteiger partial charge in [0.05, 0.1) is 12.2 Å². The number of hydrogen-bond acceptors (Lipinski definition) is 11. The van der Waals surface area contributed by atoms with Gasteiger partial charge in [-0.25, -0.2) is 18.5 Å². The van der Waals surface area contributed by atoms with Crippen LogP contribution in [0.1, 0.15) is 6.23 Å². The fourth-order valence-corrected chi connectivity index (χ4v) is 6.02. The van der Waals surface area contributed by atoms with Crippen molar-refractivity contribution in [3.63, 3.8) is 0 Å². The third-order valence-corrected chi connectivity index (χ3v) is 7.74. The molecule has 19 heteroatoms. The molecule has 6 atom stereocenters. The highest BCUT2D eigenvalue weighted by atomic mass is 35.5. The van der Waals surface area contributed by atoms with E-state index < -0.39 is 51.2 Å². The summed E-state index contributed by atoms with van der Waals surface area (Å²) in [6.07, 6.45) is -4.53. The molecular formula is C13H18ClFN6O9P2. The quantitative estimate of drug-likeness (QED) is 0.234. The highest BCUT2D eigenvalue weighted by Gasteiger charge is 2.90. The van der Waals surface area contributed by atoms with Crippen LogP contribution in [0.5, 0.6) is 0 Å². The molecule has 0 spiro atoms. The largest absolute Gasteiger partial charge is 0.481 e. The predicted molar refractivity (Wildman–Crippen MR) is 105 cm³/mol. The highest BCUT2D eigenvalue weighted by molar-refractivity contribution is 7.60. The molecule has 1 saturated heterocycles. The Kier molecular flexibility index (Phi) is 5.39. The van der Waals surface area contributed by atoms with Gasteiger partial charge >= 0.3 is 15.6 Å². The molecule has 2 aromatic rings. The molecule has 1 aliphatic heterocycles. The zero-order chi connectivity index (χ0) is 23.9. The number of phosphoric ester groups is 1. The second-order valence-corrected chi connectivity index (χ2v) is 10.5. The van der Waals surface area contributed by atoms with Crippen molar-refractivity contribution in [2.24, 2.45) is 0 Å². The number of aromatic nitrogens is 4. The molecule has 1 aliphatic carbocycles. The maximum absolute atomic E-state index is 15.4. The van der Waals surface area contributed by atoms with Crippen molar-refractivity contribution in [2.45, 2.75) is 29.7 Å². The third kappa shape index (κ3) is 3.42. The lowest BCUT2D eigenvalue weighted by atomic mass is 10.1. The smallest absolute Gasteiger partial charge is 0.381 e. The average Bonchev–Trinajstić information content (AvgIpc) is 2.93. The van der Waals surface area contributed by atoms with E-state index in [0.29, 0.717) is 5.82 Å². The molecule has 0 bridgehead atoms. The van der Waals surface area contributed by atoms with E-state index in [-0.39, 0.29) is 17.1 Å². The van der Waals surface area contributed by atoms with Crippen LogP contribution >= 0.6 is 27.2 Å². The molecule has 3 heterocycles. The summed E-state index contributed by atoms with van der Waals surface area (Å²) in [5, 5.41) is 10.9. The standard InChI is InChI=1S/C13H18ClFN6O9P2/c1-20(2)7-5-8(19-11(16)18-7)21(4-17-5)9-6(15)13(22)10(12(13,3-14)28-9)29-32(26,27)30-31(23,24)25/h4,6,9-10,22H,3H2,1-2H3,(H,26,27)(H2,16,18,19)(H2,23,24,25)/t6-,9+,10?,12+,13+/m0/s1. The molecule has 2 fully saturated rings. The Labute approximate surface area is 183 Å². The molecule has 4 rings (SSSR count). The summed E-state index contributed by atoms with van der Waals surface area (Å²) in [5.74, 6) is -0.398. The number of anilines is 2. The molecule has 0 amide bonds. The summed E-state index contributed by atoms with van der Waals surface area (Å²) < 4.78 is 53.2.